The van der Waals surface area contributed by atoms with Crippen molar-refractivity contribution < 1.29 is 0 Å². The van der Waals surface area contributed by atoms with Crippen LogP contribution in [0.4, 0.5) is 5.69 Å². The van der Waals surface area contributed by atoms with E-state index in [-0.39, 0.29) is 0 Å². The lowest BCUT2D eigenvalue weighted by atomic mass is 10.1. The highest BCUT2D eigenvalue weighted by Crippen LogP contribution is 2.21. The van der Waals surface area contributed by atoms with Crippen LogP contribution in [-0.2, 0) is 6.54 Å². The number of benzene rings is 1. The Hall–Kier alpha value is -1.70. The van der Waals surface area contributed by atoms with E-state index in [1.54, 1.807) is 0 Å². The minimum Gasteiger partial charge on any atom is -0.399 e. The van der Waals surface area contributed by atoms with Crippen molar-refractivity contribution in [2.75, 3.05) is 5.73 Å². The second kappa shape index (κ2) is 4.44. The average molecular weight is 213 g/mol. The molecule has 1 aromatic heterocycles. The first-order valence-corrected chi connectivity index (χ1v) is 5.46. The normalized spacial score (nSPS) is 10.9. The average Bonchev–Trinajstić information content (AvgIpc) is 2.66. The summed E-state index contributed by atoms with van der Waals surface area (Å²) < 4.78 is 2.20. The van der Waals surface area contributed by atoms with Crippen molar-refractivity contribution in [2.24, 2.45) is 0 Å². The second-order valence-corrected chi connectivity index (χ2v) is 4.40. The number of anilines is 1. The molecule has 0 fully saturated rings. The molecule has 0 aliphatic rings. The summed E-state index contributed by atoms with van der Waals surface area (Å²) in [6, 6.07) is 10.1. The maximum atomic E-state index is 5.67. The molecule has 0 aliphatic carbocycles. The first kappa shape index (κ1) is 10.8. The van der Waals surface area contributed by atoms with Gasteiger partial charge in [0.25, 0.3) is 0 Å². The molecule has 2 aromatic rings. The summed E-state index contributed by atoms with van der Waals surface area (Å²) in [5.41, 5.74) is 8.92. The van der Waals surface area contributed by atoms with Crippen molar-refractivity contribution in [2.45, 2.75) is 20.4 Å². The van der Waals surface area contributed by atoms with E-state index in [0.717, 1.165) is 12.2 Å². The summed E-state index contributed by atoms with van der Waals surface area (Å²) in [5.74, 6) is 1.40. The van der Waals surface area contributed by atoms with Gasteiger partial charge in [0.05, 0.1) is 0 Å². The molecule has 0 saturated carbocycles. The molecule has 1 heterocycles. The third-order valence-electron chi connectivity index (χ3n) is 2.49. The lowest BCUT2D eigenvalue weighted by molar-refractivity contribution is 0.717. The van der Waals surface area contributed by atoms with Crippen LogP contribution >= 0.6 is 0 Å². The lowest BCUT2D eigenvalue weighted by Crippen LogP contribution is -1.98. The van der Waals surface area contributed by atoms with Gasteiger partial charge >= 0.3 is 0 Å². The predicted molar refractivity (Wildman–Crippen MR) is 68.9 cm³/mol. The summed E-state index contributed by atoms with van der Waals surface area (Å²) in [6.07, 6.45) is 4.28. The van der Waals surface area contributed by atoms with Crippen LogP contribution in [0, 0.1) is 5.92 Å². The largest absolute Gasteiger partial charge is 0.399 e. The van der Waals surface area contributed by atoms with Crippen molar-refractivity contribution >= 4 is 5.69 Å². The summed E-state index contributed by atoms with van der Waals surface area (Å²) in [4.78, 5) is 0. The third kappa shape index (κ3) is 2.45. The van der Waals surface area contributed by atoms with Gasteiger partial charge in [0.15, 0.2) is 0 Å². The van der Waals surface area contributed by atoms with Crippen molar-refractivity contribution in [1.29, 1.82) is 0 Å². The van der Waals surface area contributed by atoms with E-state index >= 15 is 0 Å². The fourth-order valence-electron chi connectivity index (χ4n) is 1.75. The lowest BCUT2D eigenvalue weighted by Gasteiger charge is -2.04. The molecule has 2 nitrogen and oxygen atoms in total. The molecule has 2 heteroatoms. The van der Waals surface area contributed by atoms with Gasteiger partial charge in [0, 0.05) is 24.6 Å². The van der Waals surface area contributed by atoms with E-state index in [4.69, 9.17) is 5.73 Å². The molecule has 2 N–H and O–H groups in total. The van der Waals surface area contributed by atoms with E-state index < -0.39 is 0 Å². The quantitative estimate of drug-likeness (QED) is 0.779. The Kier molecular flexibility index (Phi) is 3.00. The fourth-order valence-corrected chi connectivity index (χ4v) is 1.75. The molecule has 16 heavy (non-hydrogen) atoms. The van der Waals surface area contributed by atoms with Crippen molar-refractivity contribution in [1.82, 2.24) is 4.57 Å². The van der Waals surface area contributed by atoms with Crippen molar-refractivity contribution in [3.8, 4) is 11.1 Å². The van der Waals surface area contributed by atoms with Crippen LogP contribution < -0.4 is 5.73 Å². The zero-order chi connectivity index (χ0) is 11.5. The van der Waals surface area contributed by atoms with E-state index in [1.807, 2.05) is 12.1 Å². The summed E-state index contributed by atoms with van der Waals surface area (Å²) in [7, 11) is 0. The SMILES string of the molecule is C[C](C)Cn1ccc(-c2ccc(N)cc2)c1. The van der Waals surface area contributed by atoms with Crippen molar-refractivity contribution in [3.05, 3.63) is 48.6 Å². The fraction of sp³-hybridized carbons (Fsp3) is 0.214. The Morgan fingerprint density at radius 1 is 1.06 bits per heavy atom. The number of nitrogen functional groups attached to an aromatic ring is 1. The predicted octanol–water partition coefficient (Wildman–Crippen LogP) is 3.35. The van der Waals surface area contributed by atoms with Crippen LogP contribution in [0.5, 0.6) is 0 Å². The molecule has 0 atom stereocenters. The van der Waals surface area contributed by atoms with E-state index in [1.165, 1.54) is 17.0 Å². The number of hydrogen-bond donors (Lipinski definition) is 1. The van der Waals surface area contributed by atoms with E-state index in [2.05, 4.69) is 49.0 Å². The van der Waals surface area contributed by atoms with E-state index in [0.29, 0.717) is 0 Å². The van der Waals surface area contributed by atoms with Gasteiger partial charge in [-0.25, -0.2) is 0 Å². The highest BCUT2D eigenvalue weighted by molar-refractivity contribution is 5.64. The molecule has 0 spiro atoms. The molecule has 0 saturated heterocycles. The van der Waals surface area contributed by atoms with Gasteiger partial charge in [-0.2, -0.15) is 0 Å². The van der Waals surface area contributed by atoms with Gasteiger partial charge in [-0.1, -0.05) is 26.0 Å². The molecule has 0 unspecified atom stereocenters. The number of nitrogens with zero attached hydrogens (tertiary/aromatic N) is 1. The number of rotatable bonds is 3. The molecule has 1 radical (unpaired) electrons. The Balaban J connectivity index is 2.21. The van der Waals surface area contributed by atoms with Crippen LogP contribution in [0.1, 0.15) is 13.8 Å². The van der Waals surface area contributed by atoms with Crippen LogP contribution in [0.3, 0.4) is 0 Å². The van der Waals surface area contributed by atoms with Gasteiger partial charge in [-0.15, -0.1) is 0 Å². The minimum atomic E-state index is 0.806. The summed E-state index contributed by atoms with van der Waals surface area (Å²) in [5, 5.41) is 0. The maximum absolute atomic E-state index is 5.67. The first-order chi connectivity index (χ1) is 7.65. The minimum absolute atomic E-state index is 0.806. The molecule has 2 rings (SSSR count). The van der Waals surface area contributed by atoms with Crippen LogP contribution in [0.15, 0.2) is 42.7 Å². The van der Waals surface area contributed by atoms with Gasteiger partial charge in [-0.05, 0) is 35.2 Å². The van der Waals surface area contributed by atoms with Crippen LogP contribution in [0.2, 0.25) is 0 Å². The Morgan fingerprint density at radius 2 is 1.75 bits per heavy atom. The smallest absolute Gasteiger partial charge is 0.0314 e. The highest BCUT2D eigenvalue weighted by atomic mass is 14.9. The van der Waals surface area contributed by atoms with Gasteiger partial charge in [0.2, 0.25) is 0 Å². The van der Waals surface area contributed by atoms with Crippen LogP contribution in [0.25, 0.3) is 11.1 Å². The van der Waals surface area contributed by atoms with E-state index in [9.17, 15) is 0 Å². The molecule has 0 bridgehead atoms. The summed E-state index contributed by atoms with van der Waals surface area (Å²) in [6.45, 7) is 5.26. The zero-order valence-electron chi connectivity index (χ0n) is 9.77. The molecule has 0 aliphatic heterocycles. The topological polar surface area (TPSA) is 30.9 Å². The molecular formula is C14H17N2. The maximum Gasteiger partial charge on any atom is 0.0314 e. The highest BCUT2D eigenvalue weighted by Gasteiger charge is 2.01. The standard InChI is InChI=1S/C14H17N2/c1-11(2)9-16-8-7-13(10-16)12-3-5-14(15)6-4-12/h3-8,10H,9,15H2,1-2H3. The number of hydrogen-bond acceptors (Lipinski definition) is 1. The zero-order valence-corrected chi connectivity index (χ0v) is 9.77. The molecule has 83 valence electrons. The molecule has 0 amide bonds. The number of nitrogens with two attached hydrogens (primary N) is 1. The van der Waals surface area contributed by atoms with Gasteiger partial charge < -0.3 is 10.3 Å². The molecule has 1 aromatic carbocycles. The van der Waals surface area contributed by atoms with Gasteiger partial charge in [0.1, 0.15) is 0 Å². The van der Waals surface area contributed by atoms with Crippen LogP contribution in [-0.4, -0.2) is 4.57 Å². The Bertz CT molecular complexity index is 452. The second-order valence-electron chi connectivity index (χ2n) is 4.40. The van der Waals surface area contributed by atoms with Gasteiger partial charge in [-0.3, -0.25) is 0 Å². The van der Waals surface area contributed by atoms with Crippen molar-refractivity contribution in [3.63, 3.8) is 0 Å². The third-order valence-corrected chi connectivity index (χ3v) is 2.49. The monoisotopic (exact) mass is 213 g/mol. The number of aromatic nitrogens is 1. The first-order valence-electron chi connectivity index (χ1n) is 5.46. The molecular weight excluding hydrogens is 196 g/mol. The summed E-state index contributed by atoms with van der Waals surface area (Å²) >= 11 is 0. The Labute approximate surface area is 96.7 Å². The Morgan fingerprint density at radius 3 is 2.38 bits per heavy atom.